The van der Waals surface area contributed by atoms with Crippen LogP contribution in [0.25, 0.3) is 22.4 Å². The number of halogens is 1. The molecule has 3 rings (SSSR count). The van der Waals surface area contributed by atoms with E-state index < -0.39 is 5.91 Å². The van der Waals surface area contributed by atoms with Crippen LogP contribution in [0, 0.1) is 5.82 Å². The molecule has 4 nitrogen and oxygen atoms in total. The number of carbonyl (C=O) groups excluding carboxylic acids is 1. The highest BCUT2D eigenvalue weighted by molar-refractivity contribution is 5.96. The zero-order chi connectivity index (χ0) is 14.3. The van der Waals surface area contributed by atoms with Gasteiger partial charge in [-0.15, -0.1) is 0 Å². The van der Waals surface area contributed by atoms with Crippen molar-refractivity contribution in [2.75, 3.05) is 0 Å². The normalized spacial score (nSPS) is 10.9. The second-order valence-corrected chi connectivity index (χ2v) is 4.57. The van der Waals surface area contributed by atoms with Crippen molar-refractivity contribution in [2.45, 2.75) is 0 Å². The summed E-state index contributed by atoms with van der Waals surface area (Å²) in [6, 6.07) is 11.2. The first kappa shape index (κ1) is 12.3. The van der Waals surface area contributed by atoms with Crippen LogP contribution in [0.5, 0.6) is 0 Å². The highest BCUT2D eigenvalue weighted by atomic mass is 19.1. The molecule has 0 atom stereocenters. The largest absolute Gasteiger partial charge is 0.366 e. The molecule has 20 heavy (non-hydrogen) atoms. The van der Waals surface area contributed by atoms with E-state index in [-0.39, 0.29) is 5.82 Å². The van der Waals surface area contributed by atoms with Crippen LogP contribution in [0.1, 0.15) is 10.4 Å². The summed E-state index contributed by atoms with van der Waals surface area (Å²) in [5.41, 5.74) is 8.09. The number of aromatic nitrogens is 2. The van der Waals surface area contributed by atoms with Crippen LogP contribution in [0.4, 0.5) is 4.39 Å². The Labute approximate surface area is 114 Å². The van der Waals surface area contributed by atoms with Gasteiger partial charge in [0.2, 0.25) is 5.91 Å². The minimum atomic E-state index is -0.476. The van der Waals surface area contributed by atoms with Gasteiger partial charge in [-0.1, -0.05) is 0 Å². The quantitative estimate of drug-likeness (QED) is 0.777. The Morgan fingerprint density at radius 3 is 2.55 bits per heavy atom. The Morgan fingerprint density at radius 1 is 1.20 bits per heavy atom. The molecular formula is C15H12FN3O. The molecule has 5 heteroatoms. The minimum Gasteiger partial charge on any atom is -0.366 e. The van der Waals surface area contributed by atoms with Gasteiger partial charge in [0, 0.05) is 18.2 Å². The molecule has 1 aromatic heterocycles. The maximum atomic E-state index is 13.0. The molecule has 100 valence electrons. The Bertz CT molecular complexity index is 806. The van der Waals surface area contributed by atoms with E-state index in [4.69, 9.17) is 5.73 Å². The van der Waals surface area contributed by atoms with Crippen LogP contribution in [0.2, 0.25) is 0 Å². The molecule has 3 aromatic rings. The van der Waals surface area contributed by atoms with Crippen molar-refractivity contribution in [1.82, 2.24) is 9.55 Å². The van der Waals surface area contributed by atoms with Crippen molar-refractivity contribution in [1.29, 1.82) is 0 Å². The number of rotatable bonds is 2. The van der Waals surface area contributed by atoms with Crippen molar-refractivity contribution in [3.05, 3.63) is 53.8 Å². The summed E-state index contributed by atoms with van der Waals surface area (Å²) in [7, 11) is 1.85. The average Bonchev–Trinajstić information content (AvgIpc) is 2.76. The Hall–Kier alpha value is -2.69. The zero-order valence-electron chi connectivity index (χ0n) is 10.8. The summed E-state index contributed by atoms with van der Waals surface area (Å²) in [6.45, 7) is 0. The van der Waals surface area contributed by atoms with Gasteiger partial charge in [0.1, 0.15) is 11.6 Å². The summed E-state index contributed by atoms with van der Waals surface area (Å²) in [5, 5.41) is 0. The highest BCUT2D eigenvalue weighted by Gasteiger charge is 2.11. The second kappa shape index (κ2) is 4.45. The zero-order valence-corrected chi connectivity index (χ0v) is 10.8. The molecule has 1 amide bonds. The fraction of sp³-hybridized carbons (Fsp3) is 0.0667. The average molecular weight is 269 g/mol. The predicted molar refractivity (Wildman–Crippen MR) is 74.6 cm³/mol. The van der Waals surface area contributed by atoms with E-state index in [9.17, 15) is 9.18 Å². The number of nitrogens with zero attached hydrogens (tertiary/aromatic N) is 2. The summed E-state index contributed by atoms with van der Waals surface area (Å²) >= 11 is 0. The Balaban J connectivity index is 2.20. The molecule has 1 heterocycles. The van der Waals surface area contributed by atoms with Gasteiger partial charge in [0.15, 0.2) is 0 Å². The van der Waals surface area contributed by atoms with E-state index in [0.717, 1.165) is 16.6 Å². The van der Waals surface area contributed by atoms with Gasteiger partial charge in [-0.2, -0.15) is 0 Å². The molecule has 0 radical (unpaired) electrons. The van der Waals surface area contributed by atoms with E-state index in [1.165, 1.54) is 12.1 Å². The molecular weight excluding hydrogens is 257 g/mol. The first-order valence-electron chi connectivity index (χ1n) is 6.08. The maximum absolute atomic E-state index is 13.0. The number of amides is 1. The molecule has 2 aromatic carbocycles. The third-order valence-electron chi connectivity index (χ3n) is 3.27. The molecule has 0 aliphatic rings. The predicted octanol–water partition coefficient (Wildman–Crippen LogP) is 2.48. The van der Waals surface area contributed by atoms with Gasteiger partial charge >= 0.3 is 0 Å². The van der Waals surface area contributed by atoms with Crippen molar-refractivity contribution in [3.8, 4) is 11.4 Å². The molecule has 0 unspecified atom stereocenters. The lowest BCUT2D eigenvalue weighted by Gasteiger charge is -2.02. The van der Waals surface area contributed by atoms with Gasteiger partial charge in [-0.25, -0.2) is 9.37 Å². The molecule has 0 saturated heterocycles. The summed E-state index contributed by atoms with van der Waals surface area (Å²) in [4.78, 5) is 15.7. The van der Waals surface area contributed by atoms with Gasteiger partial charge in [0.05, 0.1) is 11.0 Å². The van der Waals surface area contributed by atoms with Crippen molar-refractivity contribution in [2.24, 2.45) is 12.8 Å². The van der Waals surface area contributed by atoms with Crippen LogP contribution in [-0.4, -0.2) is 15.5 Å². The molecule has 0 aliphatic carbocycles. The van der Waals surface area contributed by atoms with Crippen molar-refractivity contribution >= 4 is 16.9 Å². The lowest BCUT2D eigenvalue weighted by atomic mass is 10.2. The van der Waals surface area contributed by atoms with E-state index in [1.54, 1.807) is 30.3 Å². The summed E-state index contributed by atoms with van der Waals surface area (Å²) < 4.78 is 14.8. The highest BCUT2D eigenvalue weighted by Crippen LogP contribution is 2.24. The van der Waals surface area contributed by atoms with Crippen LogP contribution in [-0.2, 0) is 7.05 Å². The standard InChI is InChI=1S/C15H12FN3O/c1-19-13-8-10(14(17)20)4-7-12(13)18-15(19)9-2-5-11(16)6-3-9/h2-8H,1H3,(H2,17,20). The number of carbonyl (C=O) groups is 1. The van der Waals surface area contributed by atoms with Crippen LogP contribution in [0.3, 0.4) is 0 Å². The lowest BCUT2D eigenvalue weighted by Crippen LogP contribution is -2.10. The lowest BCUT2D eigenvalue weighted by molar-refractivity contribution is 0.100. The van der Waals surface area contributed by atoms with Gasteiger partial charge < -0.3 is 10.3 Å². The molecule has 0 aliphatic heterocycles. The number of imidazole rings is 1. The fourth-order valence-electron chi connectivity index (χ4n) is 2.20. The fourth-order valence-corrected chi connectivity index (χ4v) is 2.20. The number of fused-ring (bicyclic) bond motifs is 1. The molecule has 0 bridgehead atoms. The number of primary amides is 1. The smallest absolute Gasteiger partial charge is 0.248 e. The third-order valence-corrected chi connectivity index (χ3v) is 3.27. The molecule has 0 saturated carbocycles. The second-order valence-electron chi connectivity index (χ2n) is 4.57. The number of hydrogen-bond acceptors (Lipinski definition) is 2. The third kappa shape index (κ3) is 1.93. The first-order valence-corrected chi connectivity index (χ1v) is 6.08. The number of hydrogen-bond donors (Lipinski definition) is 1. The minimum absolute atomic E-state index is 0.288. The number of aryl methyl sites for hydroxylation is 1. The van der Waals surface area contributed by atoms with Gasteiger partial charge in [-0.3, -0.25) is 4.79 Å². The number of nitrogens with two attached hydrogens (primary N) is 1. The summed E-state index contributed by atoms with van der Waals surface area (Å²) in [6.07, 6.45) is 0. The molecule has 0 fully saturated rings. The van der Waals surface area contributed by atoms with Crippen molar-refractivity contribution in [3.63, 3.8) is 0 Å². The van der Waals surface area contributed by atoms with E-state index in [2.05, 4.69) is 4.98 Å². The van der Waals surface area contributed by atoms with E-state index in [1.807, 2.05) is 11.6 Å². The maximum Gasteiger partial charge on any atom is 0.248 e. The first-order chi connectivity index (χ1) is 9.56. The monoisotopic (exact) mass is 269 g/mol. The van der Waals surface area contributed by atoms with Crippen LogP contribution < -0.4 is 5.73 Å². The van der Waals surface area contributed by atoms with Crippen molar-refractivity contribution < 1.29 is 9.18 Å². The van der Waals surface area contributed by atoms with Crippen LogP contribution in [0.15, 0.2) is 42.5 Å². The Morgan fingerprint density at radius 2 is 1.90 bits per heavy atom. The Kier molecular flexibility index (Phi) is 2.75. The number of benzene rings is 2. The van der Waals surface area contributed by atoms with Gasteiger partial charge in [0.25, 0.3) is 0 Å². The molecule has 0 spiro atoms. The van der Waals surface area contributed by atoms with Crippen LogP contribution >= 0.6 is 0 Å². The molecule has 2 N–H and O–H groups in total. The van der Waals surface area contributed by atoms with E-state index >= 15 is 0 Å². The topological polar surface area (TPSA) is 60.9 Å². The van der Waals surface area contributed by atoms with Gasteiger partial charge in [-0.05, 0) is 42.5 Å². The van der Waals surface area contributed by atoms with E-state index in [0.29, 0.717) is 11.4 Å². The summed E-state index contributed by atoms with van der Waals surface area (Å²) in [5.74, 6) is -0.0541. The SMILES string of the molecule is Cn1c(-c2ccc(F)cc2)nc2ccc(C(N)=O)cc21.